The van der Waals surface area contributed by atoms with Gasteiger partial charge in [0.2, 0.25) is 10.0 Å². The molecule has 3 N–H and O–H groups in total. The van der Waals surface area contributed by atoms with E-state index in [-0.39, 0.29) is 16.0 Å². The molecule has 0 amide bonds. The predicted octanol–water partition coefficient (Wildman–Crippen LogP) is 2.89. The molecule has 0 saturated carbocycles. The Morgan fingerprint density at radius 3 is 2.71 bits per heavy atom. The van der Waals surface area contributed by atoms with Crippen LogP contribution >= 0.6 is 11.6 Å². The van der Waals surface area contributed by atoms with Gasteiger partial charge in [-0.15, -0.1) is 0 Å². The molecule has 6 heteroatoms. The molecule has 4 nitrogen and oxygen atoms in total. The lowest BCUT2D eigenvalue weighted by atomic mass is 10.1. The van der Waals surface area contributed by atoms with Gasteiger partial charge in [-0.25, -0.2) is 13.1 Å². The number of anilines is 1. The molecule has 0 heterocycles. The van der Waals surface area contributed by atoms with E-state index >= 15 is 0 Å². The van der Waals surface area contributed by atoms with E-state index in [1.807, 2.05) is 12.1 Å². The summed E-state index contributed by atoms with van der Waals surface area (Å²) in [4.78, 5) is 0.107. The van der Waals surface area contributed by atoms with E-state index in [0.29, 0.717) is 5.69 Å². The Morgan fingerprint density at radius 2 is 1.95 bits per heavy atom. The molecule has 0 saturated heterocycles. The van der Waals surface area contributed by atoms with Crippen molar-refractivity contribution in [3.63, 3.8) is 0 Å². The fourth-order valence-corrected chi connectivity index (χ4v) is 4.44. The summed E-state index contributed by atoms with van der Waals surface area (Å²) in [5, 5.41) is 0.223. The number of hydrogen-bond donors (Lipinski definition) is 2. The fourth-order valence-electron chi connectivity index (χ4n) is 2.67. The maximum atomic E-state index is 12.5. The van der Waals surface area contributed by atoms with Gasteiger partial charge in [0.05, 0.1) is 5.02 Å². The van der Waals surface area contributed by atoms with E-state index in [2.05, 4.69) is 4.72 Å². The molecule has 1 atom stereocenters. The minimum atomic E-state index is -3.64. The molecule has 3 rings (SSSR count). The average molecular weight is 323 g/mol. The molecule has 0 radical (unpaired) electrons. The summed E-state index contributed by atoms with van der Waals surface area (Å²) >= 11 is 5.98. The molecule has 0 bridgehead atoms. The Morgan fingerprint density at radius 1 is 1.19 bits per heavy atom. The lowest BCUT2D eigenvalue weighted by Crippen LogP contribution is -2.27. The maximum absolute atomic E-state index is 12.5. The van der Waals surface area contributed by atoms with E-state index in [1.165, 1.54) is 6.07 Å². The van der Waals surface area contributed by atoms with E-state index in [9.17, 15) is 8.42 Å². The highest BCUT2D eigenvalue weighted by molar-refractivity contribution is 7.89. The molecule has 2 aromatic carbocycles. The number of rotatable bonds is 3. The molecular weight excluding hydrogens is 308 g/mol. The van der Waals surface area contributed by atoms with Gasteiger partial charge in [-0.1, -0.05) is 29.8 Å². The highest BCUT2D eigenvalue weighted by atomic mass is 35.5. The highest BCUT2D eigenvalue weighted by Crippen LogP contribution is 2.34. The summed E-state index contributed by atoms with van der Waals surface area (Å²) in [6, 6.07) is 11.8. The van der Waals surface area contributed by atoms with Crippen LogP contribution in [0.3, 0.4) is 0 Å². The van der Waals surface area contributed by atoms with E-state index in [1.54, 1.807) is 24.3 Å². The van der Waals surface area contributed by atoms with Crippen molar-refractivity contribution in [1.29, 1.82) is 0 Å². The number of sulfonamides is 1. The van der Waals surface area contributed by atoms with Gasteiger partial charge in [-0.3, -0.25) is 0 Å². The van der Waals surface area contributed by atoms with Crippen LogP contribution in [0.1, 0.15) is 23.6 Å². The first-order valence-electron chi connectivity index (χ1n) is 6.62. The normalized spacial score (nSPS) is 17.7. The third kappa shape index (κ3) is 2.77. The van der Waals surface area contributed by atoms with Crippen molar-refractivity contribution in [3.05, 3.63) is 58.6 Å². The average Bonchev–Trinajstić information content (AvgIpc) is 2.80. The van der Waals surface area contributed by atoms with Crippen LogP contribution in [0.5, 0.6) is 0 Å². The number of nitrogens with one attached hydrogen (secondary N) is 1. The zero-order valence-electron chi connectivity index (χ0n) is 11.2. The summed E-state index contributed by atoms with van der Waals surface area (Å²) in [6.45, 7) is 0. The lowest BCUT2D eigenvalue weighted by Gasteiger charge is -2.15. The first-order chi connectivity index (χ1) is 9.97. The first kappa shape index (κ1) is 14.4. The van der Waals surface area contributed by atoms with Crippen molar-refractivity contribution in [2.45, 2.75) is 23.8 Å². The molecule has 2 aromatic rings. The van der Waals surface area contributed by atoms with E-state index in [0.717, 1.165) is 24.0 Å². The standard InChI is InChI=1S/C15H15ClN2O2S/c16-13-3-1-2-4-15(13)21(19,20)18-14-8-5-10-9-11(17)6-7-12(10)14/h1-4,6-7,9,14,18H,5,8,17H2. The molecule has 1 aliphatic carbocycles. The molecule has 0 aromatic heterocycles. The van der Waals surface area contributed by atoms with E-state index in [4.69, 9.17) is 17.3 Å². The summed E-state index contributed by atoms with van der Waals surface area (Å²) in [6.07, 6.45) is 1.54. The minimum absolute atomic E-state index is 0.107. The Balaban J connectivity index is 1.91. The van der Waals surface area contributed by atoms with Gasteiger partial charge < -0.3 is 5.73 Å². The van der Waals surface area contributed by atoms with Gasteiger partial charge >= 0.3 is 0 Å². The van der Waals surface area contributed by atoms with Crippen molar-refractivity contribution >= 4 is 27.3 Å². The summed E-state index contributed by atoms with van der Waals surface area (Å²) in [5.41, 5.74) is 8.54. The number of nitrogens with two attached hydrogens (primary N) is 1. The van der Waals surface area contributed by atoms with Crippen LogP contribution in [0.25, 0.3) is 0 Å². The lowest BCUT2D eigenvalue weighted by molar-refractivity contribution is 0.554. The second-order valence-electron chi connectivity index (χ2n) is 5.10. The number of halogens is 1. The fraction of sp³-hybridized carbons (Fsp3) is 0.200. The van der Waals surface area contributed by atoms with Crippen LogP contribution in [0.15, 0.2) is 47.4 Å². The van der Waals surface area contributed by atoms with E-state index < -0.39 is 10.0 Å². The monoisotopic (exact) mass is 322 g/mol. The number of nitrogen functional groups attached to an aromatic ring is 1. The Kier molecular flexibility index (Phi) is 3.65. The number of benzene rings is 2. The van der Waals surface area contributed by atoms with Crippen molar-refractivity contribution in [2.24, 2.45) is 0 Å². The second kappa shape index (κ2) is 5.33. The predicted molar refractivity (Wildman–Crippen MR) is 83.7 cm³/mol. The zero-order valence-corrected chi connectivity index (χ0v) is 12.8. The smallest absolute Gasteiger partial charge is 0.242 e. The summed E-state index contributed by atoms with van der Waals surface area (Å²) < 4.78 is 27.7. The number of fused-ring (bicyclic) bond motifs is 1. The van der Waals surface area contributed by atoms with Crippen LogP contribution in [-0.2, 0) is 16.4 Å². The topological polar surface area (TPSA) is 72.2 Å². The second-order valence-corrected chi connectivity index (χ2v) is 7.19. The van der Waals surface area contributed by atoms with Crippen LogP contribution in [0, 0.1) is 0 Å². The molecule has 21 heavy (non-hydrogen) atoms. The van der Waals surface area contributed by atoms with Crippen LogP contribution in [0.4, 0.5) is 5.69 Å². The van der Waals surface area contributed by atoms with Gasteiger partial charge in [0.1, 0.15) is 4.90 Å². The van der Waals surface area contributed by atoms with Crippen LogP contribution < -0.4 is 10.5 Å². The SMILES string of the molecule is Nc1ccc2c(c1)CCC2NS(=O)(=O)c1ccccc1Cl. The van der Waals surface area contributed by atoms with Gasteiger partial charge in [-0.2, -0.15) is 0 Å². The third-order valence-corrected chi connectivity index (χ3v) is 5.64. The summed E-state index contributed by atoms with van der Waals surface area (Å²) in [5.74, 6) is 0. The Hall–Kier alpha value is -1.56. The largest absolute Gasteiger partial charge is 0.399 e. The van der Waals surface area contributed by atoms with Crippen molar-refractivity contribution in [3.8, 4) is 0 Å². The molecule has 0 fully saturated rings. The van der Waals surface area contributed by atoms with Crippen molar-refractivity contribution in [2.75, 3.05) is 5.73 Å². The number of hydrogen-bond acceptors (Lipinski definition) is 3. The summed E-state index contributed by atoms with van der Waals surface area (Å²) in [7, 11) is -3.64. The molecule has 110 valence electrons. The molecule has 0 aliphatic heterocycles. The van der Waals surface area contributed by atoms with Crippen molar-refractivity contribution in [1.82, 2.24) is 4.72 Å². The van der Waals surface area contributed by atoms with Gasteiger partial charge in [0.25, 0.3) is 0 Å². The zero-order chi connectivity index (χ0) is 15.0. The first-order valence-corrected chi connectivity index (χ1v) is 8.48. The van der Waals surface area contributed by atoms with Gasteiger partial charge in [0.15, 0.2) is 0 Å². The molecule has 1 unspecified atom stereocenters. The minimum Gasteiger partial charge on any atom is -0.399 e. The highest BCUT2D eigenvalue weighted by Gasteiger charge is 2.28. The number of aryl methyl sites for hydroxylation is 1. The third-order valence-electron chi connectivity index (χ3n) is 3.67. The van der Waals surface area contributed by atoms with Crippen LogP contribution in [-0.4, -0.2) is 8.42 Å². The van der Waals surface area contributed by atoms with Crippen LogP contribution in [0.2, 0.25) is 5.02 Å². The van der Waals surface area contributed by atoms with Gasteiger partial charge in [0, 0.05) is 11.7 Å². The Labute approximate surface area is 129 Å². The molecule has 1 aliphatic rings. The van der Waals surface area contributed by atoms with Crippen molar-refractivity contribution < 1.29 is 8.42 Å². The molecular formula is C15H15ClN2O2S. The van der Waals surface area contributed by atoms with Gasteiger partial charge in [-0.05, 0) is 48.2 Å². The molecule has 0 spiro atoms. The Bertz CT molecular complexity index is 790. The quantitative estimate of drug-likeness (QED) is 0.853. The maximum Gasteiger partial charge on any atom is 0.242 e.